The van der Waals surface area contributed by atoms with Crippen LogP contribution in [0.2, 0.25) is 0 Å². The van der Waals surface area contributed by atoms with Gasteiger partial charge in [-0.05, 0) is 55.3 Å². The summed E-state index contributed by atoms with van der Waals surface area (Å²) >= 11 is 0. The van der Waals surface area contributed by atoms with Crippen molar-refractivity contribution < 1.29 is 13.6 Å². The van der Waals surface area contributed by atoms with Gasteiger partial charge in [-0.15, -0.1) is 0 Å². The van der Waals surface area contributed by atoms with Crippen molar-refractivity contribution in [1.29, 1.82) is 0 Å². The summed E-state index contributed by atoms with van der Waals surface area (Å²) in [4.78, 5) is 12.2. The summed E-state index contributed by atoms with van der Waals surface area (Å²) in [6, 6.07) is 6.63. The zero-order valence-electron chi connectivity index (χ0n) is 10.6. The lowest BCUT2D eigenvalue weighted by atomic mass is 9.98. The Morgan fingerprint density at radius 2 is 1.63 bits per heavy atom. The molecular weight excluding hydrogens is 248 g/mol. The van der Waals surface area contributed by atoms with E-state index in [2.05, 4.69) is 0 Å². The number of hydrogen-bond acceptors (Lipinski definition) is 2. The van der Waals surface area contributed by atoms with Crippen LogP contribution in [-0.4, -0.2) is 5.78 Å². The van der Waals surface area contributed by atoms with E-state index in [9.17, 15) is 13.6 Å². The molecule has 0 atom stereocenters. The molecule has 2 aromatic rings. The Morgan fingerprint density at radius 1 is 1.05 bits per heavy atom. The Balaban J connectivity index is 2.53. The number of halogens is 2. The molecule has 0 saturated heterocycles. The molecule has 0 unspecified atom stereocenters. The van der Waals surface area contributed by atoms with Crippen LogP contribution in [0, 0.1) is 25.5 Å². The van der Waals surface area contributed by atoms with Crippen LogP contribution in [0.25, 0.3) is 0 Å². The van der Waals surface area contributed by atoms with Crippen LogP contribution in [0.1, 0.15) is 27.0 Å². The standard InChI is InChI=1S/C15H13F2NO/c1-8-5-10(6-9(2)14(8)17)15(19)12-7-11(18)3-4-13(12)16/h3-7H,18H2,1-2H3. The summed E-state index contributed by atoms with van der Waals surface area (Å²) in [7, 11) is 0. The molecule has 98 valence electrons. The summed E-state index contributed by atoms with van der Waals surface area (Å²) in [6.07, 6.45) is 0. The van der Waals surface area contributed by atoms with Gasteiger partial charge in [-0.25, -0.2) is 8.78 Å². The van der Waals surface area contributed by atoms with Crippen LogP contribution in [0.15, 0.2) is 30.3 Å². The maximum atomic E-state index is 13.6. The van der Waals surface area contributed by atoms with Crippen LogP contribution in [0.3, 0.4) is 0 Å². The van der Waals surface area contributed by atoms with Gasteiger partial charge in [0.05, 0.1) is 5.56 Å². The molecule has 2 nitrogen and oxygen atoms in total. The molecule has 0 spiro atoms. The van der Waals surface area contributed by atoms with E-state index >= 15 is 0 Å². The van der Waals surface area contributed by atoms with Gasteiger partial charge in [-0.2, -0.15) is 0 Å². The predicted octanol–water partition coefficient (Wildman–Crippen LogP) is 3.39. The number of rotatable bonds is 2. The van der Waals surface area contributed by atoms with Gasteiger partial charge in [-0.1, -0.05) is 0 Å². The quantitative estimate of drug-likeness (QED) is 0.665. The van der Waals surface area contributed by atoms with Gasteiger partial charge in [0, 0.05) is 11.3 Å². The second-order valence-electron chi connectivity index (χ2n) is 4.49. The number of hydrogen-bond donors (Lipinski definition) is 1. The normalized spacial score (nSPS) is 10.5. The minimum absolute atomic E-state index is 0.106. The first-order valence-corrected chi connectivity index (χ1v) is 5.76. The lowest BCUT2D eigenvalue weighted by molar-refractivity contribution is 0.103. The highest BCUT2D eigenvalue weighted by Crippen LogP contribution is 2.20. The van der Waals surface area contributed by atoms with Crippen LogP contribution in [0.4, 0.5) is 14.5 Å². The Kier molecular flexibility index (Phi) is 3.34. The van der Waals surface area contributed by atoms with Gasteiger partial charge in [-0.3, -0.25) is 4.79 Å². The Hall–Kier alpha value is -2.23. The molecule has 0 bridgehead atoms. The van der Waals surface area contributed by atoms with Crippen LogP contribution in [0.5, 0.6) is 0 Å². The van der Waals surface area contributed by atoms with E-state index in [1.54, 1.807) is 13.8 Å². The van der Waals surface area contributed by atoms with E-state index in [-0.39, 0.29) is 16.9 Å². The van der Waals surface area contributed by atoms with E-state index in [1.807, 2.05) is 0 Å². The van der Waals surface area contributed by atoms with E-state index in [4.69, 9.17) is 5.73 Å². The van der Waals surface area contributed by atoms with Crippen molar-refractivity contribution >= 4 is 11.5 Å². The number of carbonyl (C=O) groups excluding carboxylic acids is 1. The van der Waals surface area contributed by atoms with Crippen molar-refractivity contribution in [2.75, 3.05) is 5.73 Å². The van der Waals surface area contributed by atoms with Gasteiger partial charge < -0.3 is 5.73 Å². The topological polar surface area (TPSA) is 43.1 Å². The highest BCUT2D eigenvalue weighted by molar-refractivity contribution is 6.09. The third-order valence-corrected chi connectivity index (χ3v) is 2.93. The molecule has 2 aromatic carbocycles. The van der Waals surface area contributed by atoms with Crippen LogP contribution >= 0.6 is 0 Å². The van der Waals surface area contributed by atoms with E-state index < -0.39 is 11.6 Å². The number of ketones is 1. The first-order valence-electron chi connectivity index (χ1n) is 5.76. The van der Waals surface area contributed by atoms with Crippen molar-refractivity contribution in [2.45, 2.75) is 13.8 Å². The predicted molar refractivity (Wildman–Crippen MR) is 70.1 cm³/mol. The molecule has 0 amide bonds. The van der Waals surface area contributed by atoms with Crippen molar-refractivity contribution in [1.82, 2.24) is 0 Å². The highest BCUT2D eigenvalue weighted by Gasteiger charge is 2.16. The molecule has 0 saturated carbocycles. The van der Waals surface area contributed by atoms with E-state index in [1.165, 1.54) is 24.3 Å². The summed E-state index contributed by atoms with van der Waals surface area (Å²) in [5.41, 5.74) is 6.71. The SMILES string of the molecule is Cc1cc(C(=O)c2cc(N)ccc2F)cc(C)c1F. The Bertz CT molecular complexity index is 642. The van der Waals surface area contributed by atoms with E-state index in [0.29, 0.717) is 16.8 Å². The molecule has 0 aromatic heterocycles. The van der Waals surface area contributed by atoms with Crippen molar-refractivity contribution in [3.63, 3.8) is 0 Å². The first-order chi connectivity index (χ1) is 8.90. The maximum Gasteiger partial charge on any atom is 0.196 e. The van der Waals surface area contributed by atoms with Gasteiger partial charge in [0.25, 0.3) is 0 Å². The van der Waals surface area contributed by atoms with Gasteiger partial charge in [0.15, 0.2) is 5.78 Å². The molecule has 0 aliphatic heterocycles. The third kappa shape index (κ3) is 2.47. The number of anilines is 1. The average Bonchev–Trinajstić information content (AvgIpc) is 2.37. The number of carbonyl (C=O) groups is 1. The zero-order valence-corrected chi connectivity index (χ0v) is 10.6. The molecule has 2 rings (SSSR count). The fourth-order valence-corrected chi connectivity index (χ4v) is 1.95. The molecular formula is C15H13F2NO. The average molecular weight is 261 g/mol. The monoisotopic (exact) mass is 261 g/mol. The lowest BCUT2D eigenvalue weighted by Gasteiger charge is -2.07. The minimum Gasteiger partial charge on any atom is -0.399 e. The fourth-order valence-electron chi connectivity index (χ4n) is 1.95. The molecule has 0 radical (unpaired) electrons. The molecule has 19 heavy (non-hydrogen) atoms. The molecule has 0 aliphatic carbocycles. The van der Waals surface area contributed by atoms with Crippen LogP contribution in [-0.2, 0) is 0 Å². The van der Waals surface area contributed by atoms with Crippen LogP contribution < -0.4 is 5.73 Å². The van der Waals surface area contributed by atoms with Gasteiger partial charge >= 0.3 is 0 Å². The zero-order chi connectivity index (χ0) is 14.2. The fraction of sp³-hybridized carbons (Fsp3) is 0.133. The van der Waals surface area contributed by atoms with Crippen molar-refractivity contribution in [2.24, 2.45) is 0 Å². The molecule has 0 fully saturated rings. The largest absolute Gasteiger partial charge is 0.399 e. The highest BCUT2D eigenvalue weighted by atomic mass is 19.1. The number of nitrogens with two attached hydrogens (primary N) is 1. The number of benzene rings is 2. The van der Waals surface area contributed by atoms with Crippen molar-refractivity contribution in [3.05, 3.63) is 64.2 Å². The summed E-state index contributed by atoms with van der Waals surface area (Å²) in [5, 5.41) is 0. The molecule has 0 heterocycles. The summed E-state index contributed by atoms with van der Waals surface area (Å²) in [5.74, 6) is -1.50. The molecule has 4 heteroatoms. The third-order valence-electron chi connectivity index (χ3n) is 2.93. The Morgan fingerprint density at radius 3 is 2.21 bits per heavy atom. The van der Waals surface area contributed by atoms with Gasteiger partial charge in [0.2, 0.25) is 0 Å². The molecule has 2 N–H and O–H groups in total. The Labute approximate surface area is 109 Å². The second-order valence-corrected chi connectivity index (χ2v) is 4.49. The number of aryl methyl sites for hydroxylation is 2. The van der Waals surface area contributed by atoms with E-state index in [0.717, 1.165) is 6.07 Å². The number of nitrogen functional groups attached to an aromatic ring is 1. The molecule has 0 aliphatic rings. The van der Waals surface area contributed by atoms with Crippen molar-refractivity contribution in [3.8, 4) is 0 Å². The first kappa shape index (κ1) is 13.2. The second kappa shape index (κ2) is 4.80. The smallest absolute Gasteiger partial charge is 0.196 e. The maximum absolute atomic E-state index is 13.6. The summed E-state index contributed by atoms with van der Waals surface area (Å²) < 4.78 is 27.2. The van der Waals surface area contributed by atoms with Gasteiger partial charge in [0.1, 0.15) is 11.6 Å². The summed E-state index contributed by atoms with van der Waals surface area (Å²) in [6.45, 7) is 3.13. The minimum atomic E-state index is -0.640. The lowest BCUT2D eigenvalue weighted by Crippen LogP contribution is -2.07.